The first-order valence-corrected chi connectivity index (χ1v) is 7.69. The van der Waals surface area contributed by atoms with Gasteiger partial charge in [0, 0.05) is 19.3 Å². The number of anilines is 1. The second kappa shape index (κ2) is 4.76. The third-order valence-corrected chi connectivity index (χ3v) is 5.52. The van der Waals surface area contributed by atoms with Gasteiger partial charge in [0.05, 0.1) is 0 Å². The van der Waals surface area contributed by atoms with Gasteiger partial charge in [-0.1, -0.05) is 6.92 Å². The second-order valence-electron chi connectivity index (χ2n) is 5.41. The average Bonchev–Trinajstić information content (AvgIpc) is 2.99. The van der Waals surface area contributed by atoms with E-state index in [2.05, 4.69) is 6.92 Å². The molecule has 0 heterocycles. The van der Waals surface area contributed by atoms with Crippen molar-refractivity contribution in [1.82, 2.24) is 4.31 Å². The fourth-order valence-electron chi connectivity index (χ4n) is 2.20. The summed E-state index contributed by atoms with van der Waals surface area (Å²) in [5.74, 6) is 0.208. The molecule has 1 fully saturated rings. The fraction of sp³-hybridized carbons (Fsp3) is 0.538. The summed E-state index contributed by atoms with van der Waals surface area (Å²) in [6.07, 6.45) is 1.03. The van der Waals surface area contributed by atoms with Crippen LogP contribution in [0.25, 0.3) is 0 Å². The molecule has 1 aromatic carbocycles. The van der Waals surface area contributed by atoms with Crippen LogP contribution in [0.3, 0.4) is 0 Å². The van der Waals surface area contributed by atoms with E-state index >= 15 is 0 Å². The largest absolute Gasteiger partial charge is 0.399 e. The van der Waals surface area contributed by atoms with E-state index < -0.39 is 15.8 Å². The third-order valence-electron chi connectivity index (χ3n) is 3.70. The molecular weight excluding hydrogens is 267 g/mol. The molecule has 1 aromatic rings. The van der Waals surface area contributed by atoms with Gasteiger partial charge in [0.25, 0.3) is 0 Å². The van der Waals surface area contributed by atoms with Crippen molar-refractivity contribution in [2.75, 3.05) is 19.3 Å². The van der Waals surface area contributed by atoms with Gasteiger partial charge in [-0.25, -0.2) is 17.1 Å². The highest BCUT2D eigenvalue weighted by Crippen LogP contribution is 2.39. The monoisotopic (exact) mass is 286 g/mol. The number of nitrogen functional groups attached to an aromatic ring is 1. The molecule has 0 radical (unpaired) electrons. The Labute approximate surface area is 113 Å². The van der Waals surface area contributed by atoms with E-state index in [4.69, 9.17) is 5.73 Å². The molecule has 0 amide bonds. The summed E-state index contributed by atoms with van der Waals surface area (Å²) < 4.78 is 39.9. The average molecular weight is 286 g/mol. The van der Waals surface area contributed by atoms with E-state index in [9.17, 15) is 12.8 Å². The van der Waals surface area contributed by atoms with Crippen molar-refractivity contribution in [3.63, 3.8) is 0 Å². The highest BCUT2D eigenvalue weighted by Gasteiger charge is 2.37. The molecular formula is C13H19FN2O2S. The number of hydrogen-bond donors (Lipinski definition) is 1. The molecule has 1 saturated carbocycles. The van der Waals surface area contributed by atoms with E-state index in [1.54, 1.807) is 0 Å². The number of hydrogen-bond acceptors (Lipinski definition) is 3. The quantitative estimate of drug-likeness (QED) is 0.861. The number of sulfonamides is 1. The second-order valence-corrected chi connectivity index (χ2v) is 7.42. The smallest absolute Gasteiger partial charge is 0.245 e. The van der Waals surface area contributed by atoms with Crippen LogP contribution in [0.15, 0.2) is 17.0 Å². The van der Waals surface area contributed by atoms with Crippen LogP contribution in [0.1, 0.15) is 18.9 Å². The summed E-state index contributed by atoms with van der Waals surface area (Å²) >= 11 is 0. The van der Waals surface area contributed by atoms with Crippen molar-refractivity contribution in [3.05, 3.63) is 23.5 Å². The molecule has 2 N–H and O–H groups in total. The van der Waals surface area contributed by atoms with Crippen molar-refractivity contribution in [1.29, 1.82) is 0 Å². The highest BCUT2D eigenvalue weighted by atomic mass is 32.2. The van der Waals surface area contributed by atoms with Crippen molar-refractivity contribution in [2.45, 2.75) is 25.2 Å². The molecule has 2 atom stereocenters. The molecule has 0 saturated heterocycles. The Bertz CT molecular complexity index is 601. The summed E-state index contributed by atoms with van der Waals surface area (Å²) in [6.45, 7) is 4.01. The summed E-state index contributed by atoms with van der Waals surface area (Å²) in [6, 6.07) is 2.61. The van der Waals surface area contributed by atoms with Gasteiger partial charge < -0.3 is 5.73 Å². The van der Waals surface area contributed by atoms with Crippen molar-refractivity contribution < 1.29 is 12.8 Å². The van der Waals surface area contributed by atoms with Gasteiger partial charge in [-0.3, -0.25) is 0 Å². The standard InChI is InChI=1S/C13H19FN2O2S/c1-8-4-10(8)7-16(3)19(17,18)12-6-11(15)5-9(2)13(12)14/h5-6,8,10H,4,7,15H2,1-3H3. The van der Waals surface area contributed by atoms with Gasteiger partial charge >= 0.3 is 0 Å². The Hall–Kier alpha value is -1.14. The van der Waals surface area contributed by atoms with Gasteiger partial charge in [-0.15, -0.1) is 0 Å². The summed E-state index contributed by atoms with van der Waals surface area (Å²) in [5, 5.41) is 0. The van der Waals surface area contributed by atoms with Crippen LogP contribution in [0, 0.1) is 24.6 Å². The van der Waals surface area contributed by atoms with E-state index in [0.29, 0.717) is 18.4 Å². The Kier molecular flexibility index (Phi) is 3.57. The van der Waals surface area contributed by atoms with Crippen LogP contribution in [0.4, 0.5) is 10.1 Å². The maximum atomic E-state index is 14.0. The maximum absolute atomic E-state index is 14.0. The van der Waals surface area contributed by atoms with Crippen molar-refractivity contribution in [2.24, 2.45) is 11.8 Å². The highest BCUT2D eigenvalue weighted by molar-refractivity contribution is 7.89. The number of nitrogens with zero attached hydrogens (tertiary/aromatic N) is 1. The molecule has 0 bridgehead atoms. The summed E-state index contributed by atoms with van der Waals surface area (Å²) in [7, 11) is -2.33. The number of nitrogens with two attached hydrogens (primary N) is 1. The lowest BCUT2D eigenvalue weighted by Crippen LogP contribution is -2.30. The maximum Gasteiger partial charge on any atom is 0.245 e. The van der Waals surface area contributed by atoms with Gasteiger partial charge in [0.1, 0.15) is 10.7 Å². The van der Waals surface area contributed by atoms with Gasteiger partial charge in [-0.2, -0.15) is 0 Å². The molecule has 0 spiro atoms. The van der Waals surface area contributed by atoms with Gasteiger partial charge in [0.2, 0.25) is 10.0 Å². The zero-order chi connectivity index (χ0) is 14.4. The van der Waals surface area contributed by atoms with Crippen LogP contribution in [-0.2, 0) is 10.0 Å². The lowest BCUT2D eigenvalue weighted by Gasteiger charge is -2.18. The molecule has 1 aliphatic carbocycles. The van der Waals surface area contributed by atoms with Gasteiger partial charge in [-0.05, 0) is 42.9 Å². The van der Waals surface area contributed by atoms with Crippen LogP contribution in [-0.4, -0.2) is 26.3 Å². The summed E-state index contributed by atoms with van der Waals surface area (Å²) in [4.78, 5) is -0.333. The number of benzene rings is 1. The Balaban J connectivity index is 2.33. The lowest BCUT2D eigenvalue weighted by atomic mass is 10.2. The Morgan fingerprint density at radius 3 is 2.58 bits per heavy atom. The fourth-order valence-corrected chi connectivity index (χ4v) is 3.60. The van der Waals surface area contributed by atoms with E-state index in [1.165, 1.54) is 30.4 Å². The first kappa shape index (κ1) is 14.3. The predicted octanol–water partition coefficient (Wildman–Crippen LogP) is 1.99. The zero-order valence-electron chi connectivity index (χ0n) is 11.4. The van der Waals surface area contributed by atoms with Crippen LogP contribution in [0.2, 0.25) is 0 Å². The molecule has 2 rings (SSSR count). The lowest BCUT2D eigenvalue weighted by molar-refractivity contribution is 0.439. The molecule has 19 heavy (non-hydrogen) atoms. The van der Waals surface area contributed by atoms with Crippen molar-refractivity contribution >= 4 is 15.7 Å². The minimum absolute atomic E-state index is 0.242. The molecule has 106 valence electrons. The number of halogens is 1. The van der Waals surface area contributed by atoms with Gasteiger partial charge in [0.15, 0.2) is 0 Å². The summed E-state index contributed by atoms with van der Waals surface area (Å²) in [5.41, 5.74) is 6.11. The first-order chi connectivity index (χ1) is 8.73. The van der Waals surface area contributed by atoms with Crippen LogP contribution in [0.5, 0.6) is 0 Å². The topological polar surface area (TPSA) is 63.4 Å². The Morgan fingerprint density at radius 1 is 1.47 bits per heavy atom. The van der Waals surface area contributed by atoms with E-state index in [1.807, 2.05) is 0 Å². The SMILES string of the molecule is Cc1cc(N)cc(S(=O)(=O)N(C)CC2CC2C)c1F. The van der Waals surface area contributed by atoms with Crippen LogP contribution < -0.4 is 5.73 Å². The zero-order valence-corrected chi connectivity index (χ0v) is 12.2. The third kappa shape index (κ3) is 2.74. The minimum atomic E-state index is -3.81. The predicted molar refractivity (Wildman–Crippen MR) is 72.6 cm³/mol. The van der Waals surface area contributed by atoms with Crippen molar-refractivity contribution in [3.8, 4) is 0 Å². The van der Waals surface area contributed by atoms with E-state index in [-0.39, 0.29) is 16.1 Å². The molecule has 6 heteroatoms. The normalized spacial score (nSPS) is 22.8. The molecule has 0 aliphatic heterocycles. The first-order valence-electron chi connectivity index (χ1n) is 6.25. The molecule has 2 unspecified atom stereocenters. The Morgan fingerprint density at radius 2 is 2.05 bits per heavy atom. The van der Waals surface area contributed by atoms with Crippen LogP contribution >= 0.6 is 0 Å². The number of rotatable bonds is 4. The van der Waals surface area contributed by atoms with E-state index in [0.717, 1.165) is 6.42 Å². The minimum Gasteiger partial charge on any atom is -0.399 e. The molecule has 1 aliphatic rings. The molecule has 4 nitrogen and oxygen atoms in total. The number of aryl methyl sites for hydroxylation is 1. The molecule has 0 aromatic heterocycles.